The molecule has 1 aromatic heterocycles. The van der Waals surface area contributed by atoms with Crippen molar-refractivity contribution in [3.63, 3.8) is 0 Å². The number of hydrogen-bond acceptors (Lipinski definition) is 1. The highest BCUT2D eigenvalue weighted by molar-refractivity contribution is 5.14. The van der Waals surface area contributed by atoms with Crippen molar-refractivity contribution in [1.29, 1.82) is 0 Å². The Morgan fingerprint density at radius 3 is 2.62 bits per heavy atom. The molecule has 0 amide bonds. The summed E-state index contributed by atoms with van der Waals surface area (Å²) in [5, 5.41) is 2.64. The normalized spacial score (nSPS) is 28.6. The number of furan rings is 1. The van der Waals surface area contributed by atoms with Crippen molar-refractivity contribution in [3.05, 3.63) is 23.7 Å². The molecule has 1 fully saturated rings. The molecule has 4 atom stereocenters. The second-order valence-corrected chi connectivity index (χ2v) is 8.10. The molecular weight excluding hydrogens is 258 g/mol. The van der Waals surface area contributed by atoms with Crippen LogP contribution < -0.4 is 5.32 Å². The summed E-state index contributed by atoms with van der Waals surface area (Å²) in [5.74, 6) is 3.87. The van der Waals surface area contributed by atoms with Crippen LogP contribution in [-0.4, -0.2) is 12.1 Å². The third-order valence-electron chi connectivity index (χ3n) is 5.59. The largest absolute Gasteiger partial charge is 0.466 e. The minimum Gasteiger partial charge on any atom is -0.466 e. The molecule has 1 heterocycles. The molecule has 1 aliphatic carbocycles. The summed E-state index contributed by atoms with van der Waals surface area (Å²) >= 11 is 0. The topological polar surface area (TPSA) is 29.8 Å². The van der Waals surface area contributed by atoms with Crippen LogP contribution in [0.1, 0.15) is 71.8 Å². The maximum Gasteiger partial charge on any atom is 0.109 e. The van der Waals surface area contributed by atoms with Gasteiger partial charge in [0.25, 0.3) is 0 Å². The molecule has 0 radical (unpaired) electrons. The molecular formula is C19H34NO+. The minimum atomic E-state index is 0.119. The van der Waals surface area contributed by atoms with Gasteiger partial charge in [-0.2, -0.15) is 0 Å². The quantitative estimate of drug-likeness (QED) is 0.872. The van der Waals surface area contributed by atoms with Crippen LogP contribution >= 0.6 is 0 Å². The van der Waals surface area contributed by atoms with Crippen molar-refractivity contribution in [2.24, 2.45) is 11.8 Å². The molecule has 2 heteroatoms. The predicted octanol–water partition coefficient (Wildman–Crippen LogP) is 4.03. The third kappa shape index (κ3) is 4.12. The monoisotopic (exact) mass is 292 g/mol. The summed E-state index contributed by atoms with van der Waals surface area (Å²) in [6, 6.07) is 5.67. The van der Waals surface area contributed by atoms with Gasteiger partial charge in [0, 0.05) is 17.8 Å². The maximum atomic E-state index is 5.86. The third-order valence-corrected chi connectivity index (χ3v) is 5.59. The molecule has 1 aliphatic rings. The maximum absolute atomic E-state index is 5.86. The van der Waals surface area contributed by atoms with Gasteiger partial charge in [-0.1, -0.05) is 27.7 Å². The van der Waals surface area contributed by atoms with E-state index in [1.807, 2.05) is 6.92 Å². The van der Waals surface area contributed by atoms with Crippen LogP contribution in [-0.2, 0) is 5.41 Å². The molecule has 21 heavy (non-hydrogen) atoms. The van der Waals surface area contributed by atoms with E-state index in [1.165, 1.54) is 19.3 Å². The first-order valence-corrected chi connectivity index (χ1v) is 8.71. The van der Waals surface area contributed by atoms with Crippen molar-refractivity contribution in [2.75, 3.05) is 0 Å². The lowest BCUT2D eigenvalue weighted by atomic mass is 9.77. The van der Waals surface area contributed by atoms with Gasteiger partial charge >= 0.3 is 0 Å². The standard InChI is InChI=1S/C19H33NO/c1-13-8-7-9-17(16(13)4)20-14(2)12-19(5,6)18-11-10-15(3)21-18/h10-11,13-14,16-17,20H,7-9,12H2,1-6H3/p+1/t13-,14-,16-,17+/m0/s1. The Morgan fingerprint density at radius 2 is 2.00 bits per heavy atom. The molecule has 0 bridgehead atoms. The van der Waals surface area contributed by atoms with Crippen LogP contribution in [0, 0.1) is 18.8 Å². The van der Waals surface area contributed by atoms with Gasteiger partial charge in [0.2, 0.25) is 0 Å². The number of rotatable bonds is 5. The summed E-state index contributed by atoms with van der Waals surface area (Å²) in [5.41, 5.74) is 0.119. The molecule has 0 saturated heterocycles. The van der Waals surface area contributed by atoms with Crippen LogP contribution in [0.3, 0.4) is 0 Å². The van der Waals surface area contributed by atoms with E-state index in [9.17, 15) is 0 Å². The van der Waals surface area contributed by atoms with E-state index in [2.05, 4.69) is 52.1 Å². The number of aryl methyl sites for hydroxylation is 1. The van der Waals surface area contributed by atoms with E-state index in [-0.39, 0.29) is 5.41 Å². The Kier molecular flexibility index (Phi) is 5.19. The fraction of sp³-hybridized carbons (Fsp3) is 0.789. The van der Waals surface area contributed by atoms with E-state index < -0.39 is 0 Å². The van der Waals surface area contributed by atoms with Crippen molar-refractivity contribution < 1.29 is 9.73 Å². The van der Waals surface area contributed by atoms with Crippen LogP contribution in [0.25, 0.3) is 0 Å². The second-order valence-electron chi connectivity index (χ2n) is 8.10. The van der Waals surface area contributed by atoms with Crippen LogP contribution in [0.15, 0.2) is 16.5 Å². The van der Waals surface area contributed by atoms with Gasteiger partial charge in [0.1, 0.15) is 11.5 Å². The van der Waals surface area contributed by atoms with E-state index in [1.54, 1.807) is 0 Å². The SMILES string of the molecule is Cc1ccc(C(C)(C)C[C@H](C)[NH2+][C@@H]2CCC[C@H](C)[C@@H]2C)o1. The highest BCUT2D eigenvalue weighted by atomic mass is 16.3. The van der Waals surface area contributed by atoms with Gasteiger partial charge in [-0.25, -0.2) is 0 Å². The van der Waals surface area contributed by atoms with Crippen molar-refractivity contribution >= 4 is 0 Å². The zero-order chi connectivity index (χ0) is 15.6. The van der Waals surface area contributed by atoms with Crippen molar-refractivity contribution in [1.82, 2.24) is 0 Å². The first kappa shape index (κ1) is 16.6. The average molecular weight is 292 g/mol. The molecule has 2 nitrogen and oxygen atoms in total. The van der Waals surface area contributed by atoms with Crippen LogP contribution in [0.4, 0.5) is 0 Å². The number of quaternary nitrogens is 1. The summed E-state index contributed by atoms with van der Waals surface area (Å²) in [6.07, 6.45) is 5.37. The highest BCUT2D eigenvalue weighted by Gasteiger charge is 2.33. The van der Waals surface area contributed by atoms with Gasteiger partial charge < -0.3 is 9.73 Å². The van der Waals surface area contributed by atoms with Crippen LogP contribution in [0.2, 0.25) is 0 Å². The van der Waals surface area contributed by atoms with E-state index in [0.29, 0.717) is 6.04 Å². The Balaban J connectivity index is 1.93. The second kappa shape index (κ2) is 6.56. The molecule has 1 saturated carbocycles. The molecule has 1 aromatic rings. The molecule has 0 unspecified atom stereocenters. The van der Waals surface area contributed by atoms with Gasteiger partial charge in [0.15, 0.2) is 0 Å². The lowest BCUT2D eigenvalue weighted by Gasteiger charge is -2.35. The zero-order valence-corrected chi connectivity index (χ0v) is 14.8. The van der Waals surface area contributed by atoms with E-state index >= 15 is 0 Å². The molecule has 0 aliphatic heterocycles. The van der Waals surface area contributed by atoms with Gasteiger partial charge in [-0.15, -0.1) is 0 Å². The fourth-order valence-electron chi connectivity index (χ4n) is 4.09. The average Bonchev–Trinajstić information content (AvgIpc) is 2.82. The summed E-state index contributed by atoms with van der Waals surface area (Å²) in [4.78, 5) is 0. The Hall–Kier alpha value is -0.760. The smallest absolute Gasteiger partial charge is 0.109 e. The molecule has 2 rings (SSSR count). The van der Waals surface area contributed by atoms with Gasteiger partial charge in [-0.3, -0.25) is 0 Å². The lowest BCUT2D eigenvalue weighted by molar-refractivity contribution is -0.728. The Bertz CT molecular complexity index is 448. The van der Waals surface area contributed by atoms with E-state index in [0.717, 1.165) is 35.8 Å². The highest BCUT2D eigenvalue weighted by Crippen LogP contribution is 2.30. The summed E-state index contributed by atoms with van der Waals surface area (Å²) in [7, 11) is 0. The molecule has 0 spiro atoms. The van der Waals surface area contributed by atoms with Crippen molar-refractivity contribution in [2.45, 2.75) is 84.7 Å². The minimum absolute atomic E-state index is 0.119. The number of hydrogen-bond donors (Lipinski definition) is 1. The molecule has 0 aromatic carbocycles. The van der Waals surface area contributed by atoms with Crippen LogP contribution in [0.5, 0.6) is 0 Å². The first-order valence-electron chi connectivity index (χ1n) is 8.71. The predicted molar refractivity (Wildman–Crippen MR) is 88.4 cm³/mol. The van der Waals surface area contributed by atoms with E-state index in [4.69, 9.17) is 4.42 Å². The Morgan fingerprint density at radius 1 is 1.29 bits per heavy atom. The molecule has 2 N–H and O–H groups in total. The number of nitrogens with two attached hydrogens (primary N) is 1. The van der Waals surface area contributed by atoms with Crippen molar-refractivity contribution in [3.8, 4) is 0 Å². The summed E-state index contributed by atoms with van der Waals surface area (Å²) in [6.45, 7) is 13.9. The zero-order valence-electron chi connectivity index (χ0n) is 14.8. The lowest BCUT2D eigenvalue weighted by Crippen LogP contribution is -2.96. The molecule has 120 valence electrons. The first-order chi connectivity index (χ1) is 9.79. The Labute approximate surface area is 130 Å². The van der Waals surface area contributed by atoms with Gasteiger partial charge in [0.05, 0.1) is 12.1 Å². The van der Waals surface area contributed by atoms with Gasteiger partial charge in [-0.05, 0) is 51.2 Å². The summed E-state index contributed by atoms with van der Waals surface area (Å²) < 4.78 is 5.86. The fourth-order valence-corrected chi connectivity index (χ4v) is 4.09.